The molecule has 1 aliphatic heterocycles. The van der Waals surface area contributed by atoms with Crippen LogP contribution in [-0.2, 0) is 6.42 Å². The molecule has 1 aliphatic rings. The number of H-pyrrole nitrogens is 1. The van der Waals surface area contributed by atoms with Crippen LogP contribution < -0.4 is 10.7 Å². The molecule has 0 unspecified atom stereocenters. The van der Waals surface area contributed by atoms with E-state index in [9.17, 15) is 4.79 Å². The first-order valence-corrected chi connectivity index (χ1v) is 9.36. The number of allylic oxidation sites excluding steroid dienone is 1. The molecule has 0 saturated heterocycles. The number of anilines is 1. The van der Waals surface area contributed by atoms with Crippen LogP contribution in [0.2, 0.25) is 0 Å². The summed E-state index contributed by atoms with van der Waals surface area (Å²) in [7, 11) is 0. The fourth-order valence-electron chi connectivity index (χ4n) is 3.69. The lowest BCUT2D eigenvalue weighted by molar-refractivity contribution is 0.555. The van der Waals surface area contributed by atoms with Crippen LogP contribution in [0.3, 0.4) is 0 Å². The lowest BCUT2D eigenvalue weighted by atomic mass is 10.1. The monoisotopic (exact) mass is 405 g/mol. The zero-order chi connectivity index (χ0) is 18.9. The van der Waals surface area contributed by atoms with Crippen molar-refractivity contribution < 1.29 is 4.42 Å². The average molecular weight is 406 g/mol. The summed E-state index contributed by atoms with van der Waals surface area (Å²) < 4.78 is 5.15. The number of nitrogens with one attached hydrogen (secondary N) is 1. The van der Waals surface area contributed by atoms with E-state index in [1.54, 1.807) is 0 Å². The van der Waals surface area contributed by atoms with Crippen molar-refractivity contribution in [3.63, 3.8) is 0 Å². The number of hydrogen-bond acceptors (Lipinski definition) is 4. The Morgan fingerprint density at radius 2 is 1.90 bits per heavy atom. The summed E-state index contributed by atoms with van der Waals surface area (Å²) in [4.78, 5) is 20.8. The Hall–Kier alpha value is -3.31. The molecule has 0 bridgehead atoms. The standard InChI is InChI=1S/C23H19N3O2.ClH/c27-23-25-20-11-9-16(14-22(20)28-23)8-10-18-15-26(13-12-24-18)21-7-3-5-17-4-1-2-6-19(17)21;/h1-7,9,11-12,14-15H,8,10,13H2,(H,25,27);1H. The van der Waals surface area contributed by atoms with E-state index in [1.165, 1.54) is 16.5 Å². The van der Waals surface area contributed by atoms with Crippen LogP contribution in [-0.4, -0.2) is 17.7 Å². The van der Waals surface area contributed by atoms with Gasteiger partial charge in [0.1, 0.15) is 0 Å². The fraction of sp³-hybridized carbons (Fsp3) is 0.130. The largest absolute Gasteiger partial charge is 0.417 e. The highest BCUT2D eigenvalue weighted by Gasteiger charge is 2.12. The number of benzene rings is 3. The quantitative estimate of drug-likeness (QED) is 0.516. The number of halogens is 1. The summed E-state index contributed by atoms with van der Waals surface area (Å²) in [5, 5.41) is 2.47. The van der Waals surface area contributed by atoms with Gasteiger partial charge >= 0.3 is 5.76 Å². The molecule has 146 valence electrons. The first-order valence-electron chi connectivity index (χ1n) is 9.36. The van der Waals surface area contributed by atoms with Crippen molar-refractivity contribution in [3.05, 3.63) is 88.7 Å². The molecule has 1 N–H and O–H groups in total. The molecular weight excluding hydrogens is 386 g/mol. The lowest BCUT2D eigenvalue weighted by Crippen LogP contribution is -2.22. The molecular formula is C23H20ClN3O2. The van der Waals surface area contributed by atoms with Crippen LogP contribution in [0.25, 0.3) is 21.9 Å². The fourth-order valence-corrected chi connectivity index (χ4v) is 3.69. The Morgan fingerprint density at radius 3 is 2.83 bits per heavy atom. The number of aromatic nitrogens is 1. The molecule has 4 aromatic rings. The van der Waals surface area contributed by atoms with E-state index >= 15 is 0 Å². The van der Waals surface area contributed by atoms with Crippen LogP contribution in [0.15, 0.2) is 86.8 Å². The van der Waals surface area contributed by atoms with E-state index in [0.29, 0.717) is 5.58 Å². The Kier molecular flexibility index (Phi) is 5.23. The van der Waals surface area contributed by atoms with Crippen molar-refractivity contribution >= 4 is 46.2 Å². The Labute approximate surface area is 173 Å². The van der Waals surface area contributed by atoms with E-state index in [2.05, 4.69) is 63.5 Å². The maximum atomic E-state index is 11.3. The third-order valence-electron chi connectivity index (χ3n) is 5.07. The highest BCUT2D eigenvalue weighted by molar-refractivity contribution is 5.95. The third kappa shape index (κ3) is 3.82. The van der Waals surface area contributed by atoms with Crippen LogP contribution in [0.5, 0.6) is 0 Å². The Balaban J connectivity index is 0.00000205. The van der Waals surface area contributed by atoms with Gasteiger partial charge in [0.2, 0.25) is 0 Å². The summed E-state index contributed by atoms with van der Waals surface area (Å²) in [6.07, 6.45) is 5.75. The second-order valence-corrected chi connectivity index (χ2v) is 6.93. The van der Waals surface area contributed by atoms with E-state index in [-0.39, 0.29) is 12.4 Å². The zero-order valence-corrected chi connectivity index (χ0v) is 16.5. The van der Waals surface area contributed by atoms with Crippen molar-refractivity contribution in [1.29, 1.82) is 0 Å². The van der Waals surface area contributed by atoms with Gasteiger partial charge in [0.15, 0.2) is 5.58 Å². The molecule has 0 saturated carbocycles. The first-order chi connectivity index (χ1) is 13.8. The van der Waals surface area contributed by atoms with Crippen LogP contribution in [0.4, 0.5) is 5.69 Å². The summed E-state index contributed by atoms with van der Waals surface area (Å²) in [6, 6.07) is 20.6. The van der Waals surface area contributed by atoms with Crippen LogP contribution >= 0.6 is 12.4 Å². The highest BCUT2D eigenvalue weighted by Crippen LogP contribution is 2.28. The molecule has 5 rings (SSSR count). The summed E-state index contributed by atoms with van der Waals surface area (Å²) in [6.45, 7) is 0.762. The smallest absolute Gasteiger partial charge is 0.408 e. The molecule has 0 radical (unpaired) electrons. The van der Waals surface area contributed by atoms with Gasteiger partial charge in [-0.15, -0.1) is 12.4 Å². The van der Waals surface area contributed by atoms with E-state index in [1.807, 2.05) is 24.4 Å². The molecule has 0 atom stereocenters. The molecule has 29 heavy (non-hydrogen) atoms. The molecule has 2 heterocycles. The predicted molar refractivity (Wildman–Crippen MR) is 120 cm³/mol. The number of aliphatic imine (C=N–C) groups is 1. The van der Waals surface area contributed by atoms with Gasteiger partial charge < -0.3 is 9.32 Å². The minimum Gasteiger partial charge on any atom is -0.408 e. The van der Waals surface area contributed by atoms with Crippen molar-refractivity contribution in [2.24, 2.45) is 4.99 Å². The number of aryl methyl sites for hydroxylation is 1. The molecule has 5 nitrogen and oxygen atoms in total. The lowest BCUT2D eigenvalue weighted by Gasteiger charge is -2.24. The predicted octanol–water partition coefficient (Wildman–Crippen LogP) is 5.06. The van der Waals surface area contributed by atoms with Crippen LogP contribution in [0.1, 0.15) is 12.0 Å². The highest BCUT2D eigenvalue weighted by atomic mass is 35.5. The van der Waals surface area contributed by atoms with Crippen molar-refractivity contribution in [1.82, 2.24) is 4.98 Å². The molecule has 0 spiro atoms. The molecule has 1 aromatic heterocycles. The van der Waals surface area contributed by atoms with Gasteiger partial charge in [0.25, 0.3) is 0 Å². The van der Waals surface area contributed by atoms with Gasteiger partial charge in [0.05, 0.1) is 17.8 Å². The van der Waals surface area contributed by atoms with E-state index in [0.717, 1.165) is 36.2 Å². The number of aromatic amines is 1. The van der Waals surface area contributed by atoms with Gasteiger partial charge in [-0.2, -0.15) is 0 Å². The van der Waals surface area contributed by atoms with Gasteiger partial charge in [-0.3, -0.25) is 9.98 Å². The third-order valence-corrected chi connectivity index (χ3v) is 5.07. The summed E-state index contributed by atoms with van der Waals surface area (Å²) in [5.41, 5.74) is 4.67. The van der Waals surface area contributed by atoms with Gasteiger partial charge in [0, 0.05) is 23.5 Å². The number of rotatable bonds is 4. The van der Waals surface area contributed by atoms with E-state index in [4.69, 9.17) is 4.42 Å². The molecule has 3 aromatic carbocycles. The summed E-state index contributed by atoms with van der Waals surface area (Å²) in [5.74, 6) is -0.419. The number of nitrogens with zero attached hydrogens (tertiary/aromatic N) is 2. The number of fused-ring (bicyclic) bond motifs is 2. The van der Waals surface area contributed by atoms with Crippen LogP contribution in [0, 0.1) is 0 Å². The minimum absolute atomic E-state index is 0. The topological polar surface area (TPSA) is 61.6 Å². The van der Waals surface area contributed by atoms with Gasteiger partial charge in [-0.05, 0) is 42.0 Å². The molecule has 0 fully saturated rings. The maximum absolute atomic E-state index is 11.3. The van der Waals surface area contributed by atoms with Crippen molar-refractivity contribution in [2.45, 2.75) is 12.8 Å². The van der Waals surface area contributed by atoms with Gasteiger partial charge in [-0.1, -0.05) is 42.5 Å². The van der Waals surface area contributed by atoms with Crippen molar-refractivity contribution in [3.8, 4) is 0 Å². The zero-order valence-electron chi connectivity index (χ0n) is 15.7. The minimum atomic E-state index is -0.419. The normalized spacial score (nSPS) is 13.5. The second kappa shape index (κ2) is 7.97. The Morgan fingerprint density at radius 1 is 1.03 bits per heavy atom. The van der Waals surface area contributed by atoms with Gasteiger partial charge in [-0.25, -0.2) is 4.79 Å². The Bertz CT molecular complexity index is 1280. The maximum Gasteiger partial charge on any atom is 0.417 e. The molecule has 0 amide bonds. The molecule has 0 aliphatic carbocycles. The number of hydrogen-bond donors (Lipinski definition) is 1. The average Bonchev–Trinajstić information content (AvgIpc) is 3.11. The first kappa shape index (κ1) is 19.0. The van der Waals surface area contributed by atoms with Crippen molar-refractivity contribution in [2.75, 3.05) is 11.4 Å². The number of oxazole rings is 1. The molecule has 6 heteroatoms. The summed E-state index contributed by atoms with van der Waals surface area (Å²) >= 11 is 0. The second-order valence-electron chi connectivity index (χ2n) is 6.93. The van der Waals surface area contributed by atoms with E-state index < -0.39 is 5.76 Å². The SMILES string of the molecule is Cl.O=c1[nH]c2ccc(CCC3=CN(c4cccc5ccccc45)CC=N3)cc2o1.